The first-order valence-corrected chi connectivity index (χ1v) is 17.9. The van der Waals surface area contributed by atoms with Crippen molar-refractivity contribution in [2.75, 3.05) is 18.9 Å². The standard InChI is InChI=1S/C39H55N4O7/c1-3-26-6-4-8-32(34(47)14-11-31(18-26)43-23-25(2)45)33(46)12-9-27-10-13-35(48)37(19-27)50-38(36(49)24-44)21-29(20-30-7-5-16-41-30)28-15-17-42-39(40)22-28/h5,7,10,13,15-17,19,22,25-26,29,31-34,36,38,43-49H,3,8-9,11-12,14,18,20-21,23-24H2,1-2H3,(H2,40,42)/q-1. The molecular formula is C39H55N4O7-. The Bertz CT molecular complexity index is 1490. The number of ether oxygens (including phenoxy) is 1. The molecule has 0 amide bonds. The first kappa shape index (κ1) is 39.2. The Hall–Kier alpha value is -3.63. The predicted octanol–water partition coefficient (Wildman–Crippen LogP) is 3.06. The molecule has 4 rings (SSSR count). The van der Waals surface area contributed by atoms with Crippen LogP contribution in [0.25, 0.3) is 0 Å². The number of hydrogen-bond acceptors (Lipinski definition) is 10. The average Bonchev–Trinajstić information content (AvgIpc) is 3.62. The summed E-state index contributed by atoms with van der Waals surface area (Å²) in [6.07, 6.45) is 4.19. The minimum atomic E-state index is -1.24. The van der Waals surface area contributed by atoms with E-state index in [9.17, 15) is 30.6 Å². The van der Waals surface area contributed by atoms with Crippen LogP contribution in [0.1, 0.15) is 81.5 Å². The second kappa shape index (κ2) is 19.7. The van der Waals surface area contributed by atoms with E-state index in [-0.39, 0.29) is 35.8 Å². The van der Waals surface area contributed by atoms with Gasteiger partial charge in [0.2, 0.25) is 0 Å². The molecule has 9 unspecified atom stereocenters. The molecule has 3 aromatic rings. The van der Waals surface area contributed by atoms with E-state index < -0.39 is 43.0 Å². The number of nitrogens with one attached hydrogen (secondary N) is 1. The molecule has 0 fully saturated rings. The van der Waals surface area contributed by atoms with Crippen LogP contribution in [0.3, 0.4) is 0 Å². The Morgan fingerprint density at radius 2 is 1.96 bits per heavy atom. The number of anilines is 1. The monoisotopic (exact) mass is 691 g/mol. The van der Waals surface area contributed by atoms with Gasteiger partial charge in [-0.15, -0.1) is 5.92 Å². The van der Waals surface area contributed by atoms with Crippen LogP contribution < -0.4 is 20.8 Å². The molecule has 0 radical (unpaired) electrons. The summed E-state index contributed by atoms with van der Waals surface area (Å²) in [5, 5.41) is 67.2. The molecule has 11 nitrogen and oxygen atoms in total. The third-order valence-corrected chi connectivity index (χ3v) is 9.72. The van der Waals surface area contributed by atoms with Crippen molar-refractivity contribution in [1.29, 1.82) is 0 Å². The number of aromatic nitrogens is 2. The van der Waals surface area contributed by atoms with Crippen LogP contribution in [-0.4, -0.2) is 85.3 Å². The quantitative estimate of drug-likeness (QED) is 0.0970. The topological polar surface area (TPSA) is 196 Å². The molecule has 1 aliphatic rings. The van der Waals surface area contributed by atoms with Gasteiger partial charge < -0.3 is 51.4 Å². The number of aromatic hydroxyl groups is 1. The highest BCUT2D eigenvalue weighted by Gasteiger charge is 2.29. The lowest BCUT2D eigenvalue weighted by Crippen LogP contribution is -2.38. The number of nitrogens with zero attached hydrogens (tertiary/aromatic N) is 2. The summed E-state index contributed by atoms with van der Waals surface area (Å²) >= 11 is 0. The van der Waals surface area contributed by atoms with Gasteiger partial charge in [0.1, 0.15) is 18.0 Å². The lowest BCUT2D eigenvalue weighted by atomic mass is 9.84. The minimum absolute atomic E-state index is 0.114. The molecule has 1 aliphatic carbocycles. The zero-order chi connectivity index (χ0) is 36.0. The first-order valence-electron chi connectivity index (χ1n) is 17.9. The number of nitrogen functional groups attached to an aromatic ring is 1. The molecule has 274 valence electrons. The zero-order valence-electron chi connectivity index (χ0n) is 29.2. The molecule has 9 atom stereocenters. The van der Waals surface area contributed by atoms with E-state index in [0.29, 0.717) is 50.9 Å². The highest BCUT2D eigenvalue weighted by Crippen LogP contribution is 2.34. The number of aryl methyl sites for hydroxylation is 1. The van der Waals surface area contributed by atoms with Crippen LogP contribution >= 0.6 is 0 Å². The number of hydrogen-bond donors (Lipinski definition) is 8. The van der Waals surface area contributed by atoms with Crippen molar-refractivity contribution in [3.05, 3.63) is 71.7 Å². The van der Waals surface area contributed by atoms with E-state index in [4.69, 9.17) is 10.5 Å². The largest absolute Gasteiger partial charge is 0.668 e. The van der Waals surface area contributed by atoms with Crippen LogP contribution in [0, 0.1) is 23.7 Å². The van der Waals surface area contributed by atoms with Crippen molar-refractivity contribution >= 4 is 5.82 Å². The summed E-state index contributed by atoms with van der Waals surface area (Å²) in [5.41, 5.74) is 8.52. The number of pyridine rings is 1. The molecule has 1 aromatic carbocycles. The van der Waals surface area contributed by atoms with Gasteiger partial charge in [-0.05, 0) is 99.6 Å². The summed E-state index contributed by atoms with van der Waals surface area (Å²) < 4.78 is 6.23. The number of benzene rings is 1. The summed E-state index contributed by atoms with van der Waals surface area (Å²) in [6.45, 7) is 3.78. The van der Waals surface area contributed by atoms with Gasteiger partial charge in [-0.25, -0.2) is 4.98 Å². The smallest absolute Gasteiger partial charge is 0.161 e. The van der Waals surface area contributed by atoms with Gasteiger partial charge in [-0.1, -0.05) is 31.0 Å². The van der Waals surface area contributed by atoms with E-state index in [1.54, 1.807) is 37.5 Å². The van der Waals surface area contributed by atoms with Gasteiger partial charge in [0.25, 0.3) is 0 Å². The van der Waals surface area contributed by atoms with Crippen LogP contribution in [0.5, 0.6) is 11.5 Å². The maximum Gasteiger partial charge on any atom is 0.161 e. The molecule has 9 N–H and O–H groups in total. The second-order valence-corrected chi connectivity index (χ2v) is 13.7. The third kappa shape index (κ3) is 12.0. The van der Waals surface area contributed by atoms with Crippen LogP contribution in [0.15, 0.2) is 54.9 Å². The zero-order valence-corrected chi connectivity index (χ0v) is 29.2. The molecule has 50 heavy (non-hydrogen) atoms. The van der Waals surface area contributed by atoms with Crippen molar-refractivity contribution < 1.29 is 35.4 Å². The Balaban J connectivity index is 1.45. The Morgan fingerprint density at radius 3 is 2.66 bits per heavy atom. The summed E-state index contributed by atoms with van der Waals surface area (Å²) in [5.74, 6) is 6.57. The number of phenols is 1. The van der Waals surface area contributed by atoms with Crippen LogP contribution in [-0.2, 0) is 12.8 Å². The average molecular weight is 692 g/mol. The Morgan fingerprint density at radius 1 is 1.14 bits per heavy atom. The SMILES string of the molecule is CCC1C#CCC(C(O)CCc2ccc(O)c(OC(CC(Cc3ccc[n-]3)c3ccnc(N)c3)C(O)CO)c2)C(O)CCC(NCC(C)O)C1. The summed E-state index contributed by atoms with van der Waals surface area (Å²) in [6, 6.07) is 12.5. The third-order valence-electron chi connectivity index (χ3n) is 9.72. The number of aliphatic hydroxyl groups excluding tert-OH is 5. The van der Waals surface area contributed by atoms with E-state index in [1.807, 2.05) is 18.2 Å². The molecule has 0 spiro atoms. The van der Waals surface area contributed by atoms with E-state index >= 15 is 0 Å². The van der Waals surface area contributed by atoms with Crippen molar-refractivity contribution in [1.82, 2.24) is 15.3 Å². The molecule has 0 aliphatic heterocycles. The predicted molar refractivity (Wildman–Crippen MR) is 192 cm³/mol. The summed E-state index contributed by atoms with van der Waals surface area (Å²) in [4.78, 5) is 8.51. The summed E-state index contributed by atoms with van der Waals surface area (Å²) in [7, 11) is 0. The molecule has 2 aromatic heterocycles. The highest BCUT2D eigenvalue weighted by atomic mass is 16.5. The fraction of sp³-hybridized carbons (Fsp3) is 0.564. The van der Waals surface area contributed by atoms with Crippen molar-refractivity contribution in [3.8, 4) is 23.3 Å². The second-order valence-electron chi connectivity index (χ2n) is 13.7. The normalized spacial score (nSPS) is 22.8. The maximum atomic E-state index is 11.3. The van der Waals surface area contributed by atoms with Crippen molar-refractivity contribution in [2.45, 2.75) is 114 Å². The lowest BCUT2D eigenvalue weighted by Gasteiger charge is -2.30. The number of phenolic OH excluding ortho intramolecular Hbond substituents is 1. The van der Waals surface area contributed by atoms with Gasteiger partial charge in [0.05, 0.1) is 24.9 Å². The van der Waals surface area contributed by atoms with Gasteiger partial charge in [0.15, 0.2) is 11.5 Å². The van der Waals surface area contributed by atoms with E-state index in [2.05, 4.69) is 34.0 Å². The Labute approximate surface area is 295 Å². The van der Waals surface area contributed by atoms with Crippen LogP contribution in [0.2, 0.25) is 0 Å². The molecule has 0 bridgehead atoms. The van der Waals surface area contributed by atoms with Gasteiger partial charge >= 0.3 is 0 Å². The fourth-order valence-corrected chi connectivity index (χ4v) is 6.69. The minimum Gasteiger partial charge on any atom is -0.668 e. The van der Waals surface area contributed by atoms with Crippen LogP contribution in [0.4, 0.5) is 5.82 Å². The maximum absolute atomic E-state index is 11.3. The molecule has 0 saturated heterocycles. The van der Waals surface area contributed by atoms with E-state index in [1.165, 1.54) is 6.07 Å². The van der Waals surface area contributed by atoms with Crippen molar-refractivity contribution in [2.24, 2.45) is 11.8 Å². The highest BCUT2D eigenvalue weighted by molar-refractivity contribution is 5.42. The fourth-order valence-electron chi connectivity index (χ4n) is 6.69. The molecule has 0 saturated carbocycles. The van der Waals surface area contributed by atoms with E-state index in [0.717, 1.165) is 29.7 Å². The number of nitrogens with two attached hydrogens (primary N) is 1. The van der Waals surface area contributed by atoms with Crippen molar-refractivity contribution in [3.63, 3.8) is 0 Å². The molecular weight excluding hydrogens is 636 g/mol. The number of aliphatic hydroxyl groups is 5. The first-order chi connectivity index (χ1) is 24.1. The Kier molecular flexibility index (Phi) is 15.4. The molecule has 11 heteroatoms. The number of rotatable bonds is 17. The van der Waals surface area contributed by atoms with Gasteiger partial charge in [-0.3, -0.25) is 0 Å². The van der Waals surface area contributed by atoms with Gasteiger partial charge in [0, 0.05) is 37.0 Å². The van der Waals surface area contributed by atoms with Gasteiger partial charge in [-0.2, -0.15) is 11.9 Å². The lowest BCUT2D eigenvalue weighted by molar-refractivity contribution is -0.00843. The molecule has 2 heterocycles.